The number of amides is 1. The number of nitrogens with one attached hydrogen (secondary N) is 1. The standard InChI is InChI=1S/C12H14N4O5S/c1-8-6-4-5-7-9(8)22(19)21-14-10(17)16-12(18)15(2)11(13-16)20-3/h4-7H,1-3H3,(H,14,17). The average molecular weight is 326 g/mol. The SMILES string of the molecule is COc1nn(C(=O)NOS(=O)c2ccccc2C)c(=O)n1C. The van der Waals surface area contributed by atoms with E-state index in [1.807, 2.05) is 5.48 Å². The van der Waals surface area contributed by atoms with Crippen molar-refractivity contribution in [1.29, 1.82) is 0 Å². The molecule has 1 unspecified atom stereocenters. The highest BCUT2D eigenvalue weighted by atomic mass is 32.2. The number of methoxy groups -OCH3 is 1. The van der Waals surface area contributed by atoms with Crippen LogP contribution in [-0.4, -0.2) is 31.7 Å². The van der Waals surface area contributed by atoms with E-state index in [4.69, 9.17) is 9.02 Å². The minimum Gasteiger partial charge on any atom is -0.467 e. The molecule has 118 valence electrons. The molecule has 1 N–H and O–H groups in total. The van der Waals surface area contributed by atoms with E-state index in [9.17, 15) is 13.8 Å². The summed E-state index contributed by atoms with van der Waals surface area (Å²) >= 11 is -1.91. The summed E-state index contributed by atoms with van der Waals surface area (Å²) in [6.45, 7) is 1.76. The van der Waals surface area contributed by atoms with Crippen LogP contribution in [0.5, 0.6) is 6.01 Å². The summed E-state index contributed by atoms with van der Waals surface area (Å²) < 4.78 is 23.1. The van der Waals surface area contributed by atoms with Gasteiger partial charge in [0.15, 0.2) is 0 Å². The van der Waals surface area contributed by atoms with E-state index in [1.165, 1.54) is 14.2 Å². The minimum atomic E-state index is -1.91. The zero-order chi connectivity index (χ0) is 16.3. The number of hydrogen-bond donors (Lipinski definition) is 1. The van der Waals surface area contributed by atoms with Gasteiger partial charge in [-0.15, -0.1) is 9.78 Å². The summed E-state index contributed by atoms with van der Waals surface area (Å²) in [4.78, 5) is 24.0. The third-order valence-corrected chi connectivity index (χ3v) is 3.85. The Morgan fingerprint density at radius 1 is 1.36 bits per heavy atom. The monoisotopic (exact) mass is 326 g/mol. The zero-order valence-corrected chi connectivity index (χ0v) is 12.9. The summed E-state index contributed by atoms with van der Waals surface area (Å²) in [5.41, 5.74) is 1.94. The number of rotatable bonds is 4. The van der Waals surface area contributed by atoms with Crippen LogP contribution in [0.3, 0.4) is 0 Å². The van der Waals surface area contributed by atoms with Gasteiger partial charge in [0.1, 0.15) is 0 Å². The first-order valence-electron chi connectivity index (χ1n) is 6.10. The molecule has 1 heterocycles. The summed E-state index contributed by atoms with van der Waals surface area (Å²) in [7, 11) is 2.71. The molecule has 0 saturated carbocycles. The fourth-order valence-electron chi connectivity index (χ4n) is 1.63. The molecule has 1 aromatic heterocycles. The van der Waals surface area contributed by atoms with E-state index < -0.39 is 22.8 Å². The molecule has 0 bridgehead atoms. The van der Waals surface area contributed by atoms with E-state index in [2.05, 4.69) is 5.10 Å². The lowest BCUT2D eigenvalue weighted by Crippen LogP contribution is -2.37. The largest absolute Gasteiger partial charge is 0.467 e. The second kappa shape index (κ2) is 6.54. The van der Waals surface area contributed by atoms with Crippen molar-refractivity contribution in [2.24, 2.45) is 7.05 Å². The van der Waals surface area contributed by atoms with Gasteiger partial charge in [-0.25, -0.2) is 18.4 Å². The maximum Gasteiger partial charge on any atom is 0.371 e. The Morgan fingerprint density at radius 2 is 2.05 bits per heavy atom. The molecular formula is C12H14N4O5S. The van der Waals surface area contributed by atoms with Crippen LogP contribution >= 0.6 is 0 Å². The summed E-state index contributed by atoms with van der Waals surface area (Å²) in [5, 5.41) is 3.65. The molecule has 0 spiro atoms. The van der Waals surface area contributed by atoms with E-state index in [1.54, 1.807) is 31.2 Å². The molecule has 9 nitrogen and oxygen atoms in total. The number of ether oxygens (including phenoxy) is 1. The van der Waals surface area contributed by atoms with Crippen LogP contribution in [0.1, 0.15) is 5.56 Å². The molecule has 2 rings (SSSR count). The van der Waals surface area contributed by atoms with Gasteiger partial charge in [-0.3, -0.25) is 0 Å². The van der Waals surface area contributed by atoms with Gasteiger partial charge in [-0.05, 0) is 18.6 Å². The van der Waals surface area contributed by atoms with Crippen LogP contribution in [0, 0.1) is 6.92 Å². The topological polar surface area (TPSA) is 104 Å². The maximum atomic E-state index is 12.0. The molecule has 1 atom stereocenters. The zero-order valence-electron chi connectivity index (χ0n) is 12.1. The van der Waals surface area contributed by atoms with E-state index in [0.717, 1.165) is 10.1 Å². The Morgan fingerprint density at radius 3 is 2.64 bits per heavy atom. The Hall–Kier alpha value is -2.46. The highest BCUT2D eigenvalue weighted by Crippen LogP contribution is 2.12. The number of aromatic nitrogens is 3. The van der Waals surface area contributed by atoms with Crippen molar-refractivity contribution in [2.45, 2.75) is 11.8 Å². The Balaban J connectivity index is 2.09. The number of hydroxylamine groups is 1. The molecule has 0 aliphatic heterocycles. The minimum absolute atomic E-state index is 0.0415. The highest BCUT2D eigenvalue weighted by Gasteiger charge is 2.18. The quantitative estimate of drug-likeness (QED) is 0.800. The molecule has 0 aliphatic rings. The Kier molecular flexibility index (Phi) is 4.73. The fourth-order valence-corrected chi connectivity index (χ4v) is 2.39. The van der Waals surface area contributed by atoms with E-state index >= 15 is 0 Å². The Labute approximate surface area is 128 Å². The molecule has 0 radical (unpaired) electrons. The summed E-state index contributed by atoms with van der Waals surface area (Å²) in [5.74, 6) is 0. The van der Waals surface area contributed by atoms with Crippen molar-refractivity contribution in [3.63, 3.8) is 0 Å². The van der Waals surface area contributed by atoms with Gasteiger partial charge in [0, 0.05) is 7.05 Å². The van der Waals surface area contributed by atoms with Crippen LogP contribution < -0.4 is 15.9 Å². The molecule has 1 aromatic carbocycles. The predicted octanol–water partition coefficient (Wildman–Crippen LogP) is 0.111. The van der Waals surface area contributed by atoms with E-state index in [-0.39, 0.29) is 6.01 Å². The summed E-state index contributed by atoms with van der Waals surface area (Å²) in [6.07, 6.45) is 0. The lowest BCUT2D eigenvalue weighted by Gasteiger charge is -2.05. The van der Waals surface area contributed by atoms with Crippen molar-refractivity contribution in [2.75, 3.05) is 7.11 Å². The van der Waals surface area contributed by atoms with Crippen molar-refractivity contribution in [3.8, 4) is 6.01 Å². The molecular weight excluding hydrogens is 312 g/mol. The third-order valence-electron chi connectivity index (χ3n) is 2.79. The van der Waals surface area contributed by atoms with Crippen molar-refractivity contribution >= 4 is 17.1 Å². The molecule has 0 aliphatic carbocycles. The molecule has 2 aromatic rings. The number of hydrogen-bond acceptors (Lipinski definition) is 6. The van der Waals surface area contributed by atoms with Crippen LogP contribution in [-0.2, 0) is 22.4 Å². The molecule has 0 fully saturated rings. The Bertz CT molecular complexity index is 782. The lowest BCUT2D eigenvalue weighted by atomic mass is 10.2. The molecule has 1 amide bonds. The number of carbonyl (C=O) groups excluding carboxylic acids is 1. The second-order valence-corrected chi connectivity index (χ2v) is 5.31. The third kappa shape index (κ3) is 3.07. The number of benzene rings is 1. The van der Waals surface area contributed by atoms with Gasteiger partial charge in [0.2, 0.25) is 11.1 Å². The summed E-state index contributed by atoms with van der Waals surface area (Å²) in [6, 6.07) is 5.82. The molecule has 0 saturated heterocycles. The smallest absolute Gasteiger partial charge is 0.371 e. The maximum absolute atomic E-state index is 12.0. The van der Waals surface area contributed by atoms with Gasteiger partial charge in [0.05, 0.1) is 12.0 Å². The molecule has 10 heteroatoms. The van der Waals surface area contributed by atoms with Crippen molar-refractivity contribution in [1.82, 2.24) is 19.8 Å². The van der Waals surface area contributed by atoms with Gasteiger partial charge in [-0.2, -0.15) is 9.76 Å². The van der Waals surface area contributed by atoms with Crippen LogP contribution in [0.15, 0.2) is 34.0 Å². The second-order valence-electron chi connectivity index (χ2n) is 4.23. The average Bonchev–Trinajstić information content (AvgIpc) is 2.80. The number of carbonyl (C=O) groups is 1. The van der Waals surface area contributed by atoms with Crippen LogP contribution in [0.2, 0.25) is 0 Å². The van der Waals surface area contributed by atoms with Crippen molar-refractivity contribution in [3.05, 3.63) is 40.3 Å². The highest BCUT2D eigenvalue weighted by molar-refractivity contribution is 7.80. The van der Waals surface area contributed by atoms with E-state index in [0.29, 0.717) is 9.58 Å². The van der Waals surface area contributed by atoms with Gasteiger partial charge >= 0.3 is 17.7 Å². The van der Waals surface area contributed by atoms with Gasteiger partial charge in [0.25, 0.3) is 0 Å². The lowest BCUT2D eigenvalue weighted by molar-refractivity contribution is 0.186. The van der Waals surface area contributed by atoms with Crippen LogP contribution in [0.25, 0.3) is 0 Å². The normalized spacial score (nSPS) is 12.0. The predicted molar refractivity (Wildman–Crippen MR) is 76.6 cm³/mol. The first-order valence-corrected chi connectivity index (χ1v) is 7.18. The molecule has 22 heavy (non-hydrogen) atoms. The van der Waals surface area contributed by atoms with Crippen LogP contribution in [0.4, 0.5) is 4.79 Å². The fraction of sp³-hybridized carbons (Fsp3) is 0.250. The number of nitrogens with zero attached hydrogens (tertiary/aromatic N) is 3. The first kappa shape index (κ1) is 15.9. The van der Waals surface area contributed by atoms with Gasteiger partial charge in [-0.1, -0.05) is 18.2 Å². The first-order chi connectivity index (χ1) is 10.5. The van der Waals surface area contributed by atoms with Gasteiger partial charge < -0.3 is 4.74 Å². The van der Waals surface area contributed by atoms with Crippen molar-refractivity contribution < 1.29 is 18.0 Å². The number of aryl methyl sites for hydroxylation is 1.